The number of hydrogen-bond acceptors (Lipinski definition) is 5. The van der Waals surface area contributed by atoms with E-state index in [-0.39, 0.29) is 31.4 Å². The Labute approximate surface area is 165 Å². The molecule has 0 N–H and O–H groups in total. The normalized spacial score (nSPS) is 10.8. The van der Waals surface area contributed by atoms with Crippen molar-refractivity contribution in [1.82, 2.24) is 4.90 Å². The highest BCUT2D eigenvalue weighted by Crippen LogP contribution is 2.20. The van der Waals surface area contributed by atoms with Crippen LogP contribution in [0.15, 0.2) is 53.2 Å². The number of amides is 1. The van der Waals surface area contributed by atoms with Gasteiger partial charge in [-0.3, -0.25) is 9.59 Å². The van der Waals surface area contributed by atoms with Gasteiger partial charge in [-0.1, -0.05) is 25.1 Å². The molecule has 1 aromatic heterocycles. The third-order valence-corrected chi connectivity index (χ3v) is 3.92. The van der Waals surface area contributed by atoms with Crippen LogP contribution in [-0.2, 0) is 20.9 Å². The van der Waals surface area contributed by atoms with Gasteiger partial charge in [0.25, 0.3) is 0 Å². The zero-order valence-electron chi connectivity index (χ0n) is 16.4. The summed E-state index contributed by atoms with van der Waals surface area (Å²) in [6, 6.07) is 11.1. The van der Waals surface area contributed by atoms with E-state index >= 15 is 0 Å². The van der Waals surface area contributed by atoms with E-state index in [9.17, 15) is 9.59 Å². The van der Waals surface area contributed by atoms with Crippen LogP contribution in [0.25, 0.3) is 6.08 Å². The molecule has 2 rings (SSSR count). The Kier molecular flexibility index (Phi) is 8.85. The zero-order chi connectivity index (χ0) is 20.2. The van der Waals surface area contributed by atoms with Crippen LogP contribution in [0.2, 0.25) is 0 Å². The van der Waals surface area contributed by atoms with E-state index in [2.05, 4.69) is 0 Å². The molecule has 0 fully saturated rings. The van der Waals surface area contributed by atoms with E-state index in [4.69, 9.17) is 13.9 Å². The summed E-state index contributed by atoms with van der Waals surface area (Å²) in [5.74, 6) is 0.836. The summed E-state index contributed by atoms with van der Waals surface area (Å²) in [6.07, 6.45) is 5.81. The number of esters is 1. The molecule has 0 aliphatic heterocycles. The number of benzene rings is 1. The highest BCUT2D eigenvalue weighted by molar-refractivity contribution is 5.92. The maximum atomic E-state index is 12.7. The number of hydrogen-bond donors (Lipinski definition) is 0. The average molecular weight is 385 g/mol. The van der Waals surface area contributed by atoms with Crippen LogP contribution in [0.3, 0.4) is 0 Å². The summed E-state index contributed by atoms with van der Waals surface area (Å²) >= 11 is 0. The van der Waals surface area contributed by atoms with Crippen LogP contribution in [0.1, 0.15) is 38.0 Å². The molecule has 28 heavy (non-hydrogen) atoms. The van der Waals surface area contributed by atoms with Crippen molar-refractivity contribution < 1.29 is 23.5 Å². The molecule has 0 saturated heterocycles. The molecule has 0 aliphatic carbocycles. The molecule has 6 heteroatoms. The summed E-state index contributed by atoms with van der Waals surface area (Å²) in [7, 11) is 0. The molecule has 150 valence electrons. The standard InChI is InChI=1S/C22H27NO5/c1-3-15-28-20-10-6-5-8-18(20)11-12-21(24)23(14-13-22(25)26-4-2)17-19-9-7-16-27-19/h5-12,16H,3-4,13-15,17H2,1-2H3/b12-11+. The lowest BCUT2D eigenvalue weighted by molar-refractivity contribution is -0.143. The van der Waals surface area contributed by atoms with Crippen LogP contribution >= 0.6 is 0 Å². The van der Waals surface area contributed by atoms with Crippen LogP contribution in [-0.4, -0.2) is 36.5 Å². The second-order valence-electron chi connectivity index (χ2n) is 6.11. The Morgan fingerprint density at radius 1 is 1.14 bits per heavy atom. The van der Waals surface area contributed by atoms with Crippen LogP contribution in [0.5, 0.6) is 5.75 Å². The van der Waals surface area contributed by atoms with E-state index in [0.29, 0.717) is 19.0 Å². The van der Waals surface area contributed by atoms with Crippen molar-refractivity contribution in [3.05, 3.63) is 60.1 Å². The van der Waals surface area contributed by atoms with E-state index in [1.165, 1.54) is 6.08 Å². The maximum Gasteiger partial charge on any atom is 0.307 e. The second kappa shape index (κ2) is 11.6. The van der Waals surface area contributed by atoms with E-state index in [0.717, 1.165) is 17.7 Å². The minimum Gasteiger partial charge on any atom is -0.493 e. The summed E-state index contributed by atoms with van der Waals surface area (Å²) < 4.78 is 16.0. The quantitative estimate of drug-likeness (QED) is 0.431. The first-order valence-electron chi connectivity index (χ1n) is 9.50. The fourth-order valence-electron chi connectivity index (χ4n) is 2.55. The SMILES string of the molecule is CCCOc1ccccc1/C=C/C(=O)N(CCC(=O)OCC)Cc1ccco1. The van der Waals surface area contributed by atoms with Crippen molar-refractivity contribution in [3.8, 4) is 5.75 Å². The molecule has 0 aliphatic rings. The van der Waals surface area contributed by atoms with Gasteiger partial charge in [-0.2, -0.15) is 0 Å². The summed E-state index contributed by atoms with van der Waals surface area (Å²) in [5, 5.41) is 0. The largest absolute Gasteiger partial charge is 0.493 e. The van der Waals surface area contributed by atoms with Gasteiger partial charge in [0, 0.05) is 18.2 Å². The number of nitrogens with zero attached hydrogens (tertiary/aromatic N) is 1. The predicted molar refractivity (Wildman–Crippen MR) is 107 cm³/mol. The summed E-state index contributed by atoms with van der Waals surface area (Å²) in [5.41, 5.74) is 0.827. The smallest absolute Gasteiger partial charge is 0.307 e. The number of rotatable bonds is 11. The first-order valence-corrected chi connectivity index (χ1v) is 9.50. The molecule has 0 spiro atoms. The van der Waals surface area contributed by atoms with E-state index < -0.39 is 0 Å². The number of carbonyl (C=O) groups is 2. The van der Waals surface area contributed by atoms with Gasteiger partial charge >= 0.3 is 5.97 Å². The first-order chi connectivity index (χ1) is 13.6. The van der Waals surface area contributed by atoms with Gasteiger partial charge in [0.1, 0.15) is 11.5 Å². The Morgan fingerprint density at radius 3 is 2.68 bits per heavy atom. The molecule has 0 radical (unpaired) electrons. The van der Waals surface area contributed by atoms with E-state index in [1.807, 2.05) is 31.2 Å². The Morgan fingerprint density at radius 2 is 1.96 bits per heavy atom. The molecule has 0 unspecified atom stereocenters. The third kappa shape index (κ3) is 6.95. The van der Waals surface area contributed by atoms with Crippen molar-refractivity contribution in [1.29, 1.82) is 0 Å². The van der Waals surface area contributed by atoms with Crippen LogP contribution in [0, 0.1) is 0 Å². The Balaban J connectivity index is 2.08. The van der Waals surface area contributed by atoms with Gasteiger partial charge in [0.2, 0.25) is 5.91 Å². The zero-order valence-corrected chi connectivity index (χ0v) is 16.4. The minimum absolute atomic E-state index is 0.129. The molecule has 0 saturated carbocycles. The maximum absolute atomic E-state index is 12.7. The first kappa shape index (κ1) is 21.3. The topological polar surface area (TPSA) is 69.0 Å². The van der Waals surface area contributed by atoms with Crippen LogP contribution in [0.4, 0.5) is 0 Å². The highest BCUT2D eigenvalue weighted by atomic mass is 16.5. The monoisotopic (exact) mass is 385 g/mol. The molecular formula is C22H27NO5. The predicted octanol–water partition coefficient (Wildman–Crippen LogP) is 4.06. The molecular weight excluding hydrogens is 358 g/mol. The molecule has 1 heterocycles. The third-order valence-electron chi connectivity index (χ3n) is 3.92. The Hall–Kier alpha value is -3.02. The van der Waals surface area contributed by atoms with Crippen molar-refractivity contribution in [2.75, 3.05) is 19.8 Å². The van der Waals surface area contributed by atoms with Crippen molar-refractivity contribution in [3.63, 3.8) is 0 Å². The Bertz CT molecular complexity index is 767. The molecule has 1 amide bonds. The van der Waals surface area contributed by atoms with Gasteiger partial charge in [0.15, 0.2) is 0 Å². The van der Waals surface area contributed by atoms with Gasteiger partial charge in [0.05, 0.1) is 32.4 Å². The number of furan rings is 1. The molecule has 0 atom stereocenters. The molecule has 0 bridgehead atoms. The number of carbonyl (C=O) groups excluding carboxylic acids is 2. The lowest BCUT2D eigenvalue weighted by atomic mass is 10.2. The van der Waals surface area contributed by atoms with Gasteiger partial charge < -0.3 is 18.8 Å². The van der Waals surface area contributed by atoms with Gasteiger partial charge in [-0.05, 0) is 37.6 Å². The lowest BCUT2D eigenvalue weighted by Crippen LogP contribution is -2.31. The molecule has 2 aromatic rings. The lowest BCUT2D eigenvalue weighted by Gasteiger charge is -2.19. The number of para-hydroxylation sites is 1. The second-order valence-corrected chi connectivity index (χ2v) is 6.11. The fraction of sp³-hybridized carbons (Fsp3) is 0.364. The van der Waals surface area contributed by atoms with Crippen molar-refractivity contribution in [2.45, 2.75) is 33.2 Å². The number of ether oxygens (including phenoxy) is 2. The fourth-order valence-corrected chi connectivity index (χ4v) is 2.55. The van der Waals surface area contributed by atoms with Gasteiger partial charge in [-0.25, -0.2) is 0 Å². The van der Waals surface area contributed by atoms with Gasteiger partial charge in [-0.15, -0.1) is 0 Å². The molecule has 6 nitrogen and oxygen atoms in total. The van der Waals surface area contributed by atoms with Crippen molar-refractivity contribution in [2.24, 2.45) is 0 Å². The highest BCUT2D eigenvalue weighted by Gasteiger charge is 2.15. The minimum atomic E-state index is -0.331. The molecule has 1 aromatic carbocycles. The van der Waals surface area contributed by atoms with Crippen molar-refractivity contribution >= 4 is 18.0 Å². The van der Waals surface area contributed by atoms with E-state index in [1.54, 1.807) is 36.3 Å². The summed E-state index contributed by atoms with van der Waals surface area (Å²) in [4.78, 5) is 26.0. The average Bonchev–Trinajstić information content (AvgIpc) is 3.21. The summed E-state index contributed by atoms with van der Waals surface area (Å²) in [6.45, 7) is 5.26. The van der Waals surface area contributed by atoms with Crippen LogP contribution < -0.4 is 4.74 Å².